The number of methoxy groups -OCH3 is 1. The molecule has 0 aromatic heterocycles. The maximum absolute atomic E-state index is 5.78. The highest BCUT2D eigenvalue weighted by Gasteiger charge is 2.21. The maximum atomic E-state index is 5.78. The van der Waals surface area contributed by atoms with E-state index in [1.54, 1.807) is 7.11 Å². The number of ether oxygens (including phenoxy) is 1. The SMILES string of the molecule is COc1c(C(CSC2CCCC2)NN)ccc(C)c1C. The number of rotatable bonds is 6. The van der Waals surface area contributed by atoms with Crippen molar-refractivity contribution < 1.29 is 4.74 Å². The minimum absolute atomic E-state index is 0.148. The van der Waals surface area contributed by atoms with E-state index in [1.165, 1.54) is 42.4 Å². The molecule has 2 rings (SSSR count). The second-order valence-electron chi connectivity index (χ2n) is 5.59. The molecule has 3 nitrogen and oxygen atoms in total. The lowest BCUT2D eigenvalue weighted by molar-refractivity contribution is 0.399. The maximum Gasteiger partial charge on any atom is 0.126 e. The number of thioether (sulfide) groups is 1. The Bertz CT molecular complexity index is 444. The standard InChI is InChI=1S/C16H26N2OS/c1-11-8-9-14(16(19-3)12(11)2)15(18-17)10-20-13-6-4-5-7-13/h8-9,13,15,18H,4-7,10,17H2,1-3H3. The zero-order chi connectivity index (χ0) is 14.5. The van der Waals surface area contributed by atoms with Crippen molar-refractivity contribution in [3.8, 4) is 5.75 Å². The number of nitrogens with two attached hydrogens (primary N) is 1. The zero-order valence-corrected chi connectivity index (χ0v) is 13.6. The summed E-state index contributed by atoms with van der Waals surface area (Å²) in [6.45, 7) is 4.22. The molecule has 1 unspecified atom stereocenters. The van der Waals surface area contributed by atoms with E-state index in [4.69, 9.17) is 10.6 Å². The lowest BCUT2D eigenvalue weighted by Gasteiger charge is -2.22. The fourth-order valence-electron chi connectivity index (χ4n) is 2.87. The summed E-state index contributed by atoms with van der Waals surface area (Å²) in [5.41, 5.74) is 6.59. The summed E-state index contributed by atoms with van der Waals surface area (Å²) in [5.74, 6) is 7.75. The van der Waals surface area contributed by atoms with Crippen LogP contribution in [-0.4, -0.2) is 18.1 Å². The molecule has 0 amide bonds. The fraction of sp³-hybridized carbons (Fsp3) is 0.625. The van der Waals surface area contributed by atoms with Crippen LogP contribution in [0.2, 0.25) is 0 Å². The van der Waals surface area contributed by atoms with Crippen LogP contribution in [0, 0.1) is 13.8 Å². The number of hydrogen-bond donors (Lipinski definition) is 2. The molecule has 0 radical (unpaired) electrons. The molecule has 20 heavy (non-hydrogen) atoms. The van der Waals surface area contributed by atoms with Gasteiger partial charge in [-0.2, -0.15) is 11.8 Å². The van der Waals surface area contributed by atoms with Gasteiger partial charge >= 0.3 is 0 Å². The fourth-order valence-corrected chi connectivity index (χ4v) is 4.28. The van der Waals surface area contributed by atoms with Gasteiger partial charge in [-0.3, -0.25) is 11.3 Å². The first kappa shape index (κ1) is 15.7. The normalized spacial score (nSPS) is 17.4. The minimum atomic E-state index is 0.148. The van der Waals surface area contributed by atoms with Crippen LogP contribution in [-0.2, 0) is 0 Å². The van der Waals surface area contributed by atoms with Crippen molar-refractivity contribution in [1.29, 1.82) is 0 Å². The molecule has 1 aromatic carbocycles. The Labute approximate surface area is 126 Å². The minimum Gasteiger partial charge on any atom is -0.496 e. The summed E-state index contributed by atoms with van der Waals surface area (Å²) in [6.07, 6.45) is 5.47. The summed E-state index contributed by atoms with van der Waals surface area (Å²) >= 11 is 2.04. The molecule has 0 heterocycles. The molecule has 0 bridgehead atoms. The lowest BCUT2D eigenvalue weighted by Crippen LogP contribution is -2.30. The summed E-state index contributed by atoms with van der Waals surface area (Å²) < 4.78 is 5.61. The Morgan fingerprint density at radius 1 is 1.35 bits per heavy atom. The second kappa shape index (κ2) is 7.34. The Balaban J connectivity index is 2.11. The highest BCUT2D eigenvalue weighted by molar-refractivity contribution is 7.99. The van der Waals surface area contributed by atoms with Crippen LogP contribution in [0.15, 0.2) is 12.1 Å². The van der Waals surface area contributed by atoms with Crippen molar-refractivity contribution in [2.24, 2.45) is 5.84 Å². The van der Waals surface area contributed by atoms with E-state index in [-0.39, 0.29) is 6.04 Å². The highest BCUT2D eigenvalue weighted by atomic mass is 32.2. The van der Waals surface area contributed by atoms with E-state index < -0.39 is 0 Å². The lowest BCUT2D eigenvalue weighted by atomic mass is 10.0. The van der Waals surface area contributed by atoms with Gasteiger partial charge in [0.2, 0.25) is 0 Å². The van der Waals surface area contributed by atoms with Gasteiger partial charge in [0.15, 0.2) is 0 Å². The number of benzene rings is 1. The monoisotopic (exact) mass is 294 g/mol. The zero-order valence-electron chi connectivity index (χ0n) is 12.7. The van der Waals surface area contributed by atoms with E-state index in [0.717, 1.165) is 16.8 Å². The molecular weight excluding hydrogens is 268 g/mol. The molecule has 1 aromatic rings. The van der Waals surface area contributed by atoms with Crippen LogP contribution in [0.25, 0.3) is 0 Å². The predicted molar refractivity (Wildman–Crippen MR) is 87.2 cm³/mol. The first-order valence-electron chi connectivity index (χ1n) is 7.39. The molecular formula is C16H26N2OS. The quantitative estimate of drug-likeness (QED) is 0.623. The Morgan fingerprint density at radius 2 is 2.05 bits per heavy atom. The number of hydrogen-bond acceptors (Lipinski definition) is 4. The largest absolute Gasteiger partial charge is 0.496 e. The van der Waals surface area contributed by atoms with E-state index >= 15 is 0 Å². The third-order valence-corrected chi connectivity index (χ3v) is 5.76. The molecule has 1 atom stereocenters. The smallest absolute Gasteiger partial charge is 0.126 e. The van der Waals surface area contributed by atoms with Gasteiger partial charge in [0, 0.05) is 16.6 Å². The molecule has 1 aliphatic carbocycles. The molecule has 0 saturated heterocycles. The molecule has 1 aliphatic rings. The van der Waals surface area contributed by atoms with Gasteiger partial charge in [0.05, 0.1) is 13.2 Å². The summed E-state index contributed by atoms with van der Waals surface area (Å²) in [5, 5.41) is 0.809. The summed E-state index contributed by atoms with van der Waals surface area (Å²) in [4.78, 5) is 0. The third kappa shape index (κ3) is 3.48. The van der Waals surface area contributed by atoms with Crippen molar-refractivity contribution in [3.05, 3.63) is 28.8 Å². The summed E-state index contributed by atoms with van der Waals surface area (Å²) in [7, 11) is 1.74. The van der Waals surface area contributed by atoms with Gasteiger partial charge in [0.25, 0.3) is 0 Å². The van der Waals surface area contributed by atoms with Crippen LogP contribution in [0.5, 0.6) is 5.75 Å². The first-order valence-corrected chi connectivity index (χ1v) is 8.44. The van der Waals surface area contributed by atoms with Gasteiger partial charge in [-0.05, 0) is 37.8 Å². The van der Waals surface area contributed by atoms with Gasteiger partial charge < -0.3 is 4.74 Å². The topological polar surface area (TPSA) is 47.3 Å². The average molecular weight is 294 g/mol. The summed E-state index contributed by atoms with van der Waals surface area (Å²) in [6, 6.07) is 4.44. The van der Waals surface area contributed by atoms with Crippen molar-refractivity contribution >= 4 is 11.8 Å². The van der Waals surface area contributed by atoms with Crippen LogP contribution < -0.4 is 16.0 Å². The predicted octanol–water partition coefficient (Wildman–Crippen LogP) is 3.49. The molecule has 1 saturated carbocycles. The van der Waals surface area contributed by atoms with Crippen LogP contribution in [0.4, 0.5) is 0 Å². The molecule has 3 N–H and O–H groups in total. The van der Waals surface area contributed by atoms with Crippen molar-refractivity contribution in [1.82, 2.24) is 5.43 Å². The Kier molecular flexibility index (Phi) is 5.75. The van der Waals surface area contributed by atoms with Crippen LogP contribution in [0.1, 0.15) is 48.4 Å². The van der Waals surface area contributed by atoms with Crippen LogP contribution in [0.3, 0.4) is 0 Å². The first-order chi connectivity index (χ1) is 9.67. The van der Waals surface area contributed by atoms with Gasteiger partial charge in [-0.25, -0.2) is 0 Å². The second-order valence-corrected chi connectivity index (χ2v) is 6.92. The molecule has 4 heteroatoms. The van der Waals surface area contributed by atoms with E-state index in [9.17, 15) is 0 Å². The van der Waals surface area contributed by atoms with E-state index in [2.05, 4.69) is 31.4 Å². The Hall–Kier alpha value is -0.710. The Morgan fingerprint density at radius 3 is 2.65 bits per heavy atom. The molecule has 0 spiro atoms. The van der Waals surface area contributed by atoms with E-state index in [1.807, 2.05) is 11.8 Å². The highest BCUT2D eigenvalue weighted by Crippen LogP contribution is 2.35. The van der Waals surface area contributed by atoms with E-state index in [0.29, 0.717) is 0 Å². The van der Waals surface area contributed by atoms with Crippen molar-refractivity contribution in [2.75, 3.05) is 12.9 Å². The molecule has 0 aliphatic heterocycles. The van der Waals surface area contributed by atoms with Gasteiger partial charge in [-0.1, -0.05) is 25.0 Å². The number of aryl methyl sites for hydroxylation is 1. The van der Waals surface area contributed by atoms with Crippen LogP contribution >= 0.6 is 11.8 Å². The average Bonchev–Trinajstić information content (AvgIpc) is 2.96. The van der Waals surface area contributed by atoms with Crippen molar-refractivity contribution in [3.63, 3.8) is 0 Å². The molecule has 1 fully saturated rings. The number of hydrazine groups is 1. The van der Waals surface area contributed by atoms with Gasteiger partial charge in [-0.15, -0.1) is 0 Å². The molecule has 112 valence electrons. The van der Waals surface area contributed by atoms with Gasteiger partial charge in [0.1, 0.15) is 5.75 Å². The number of nitrogens with one attached hydrogen (secondary N) is 1. The van der Waals surface area contributed by atoms with Crippen molar-refractivity contribution in [2.45, 2.75) is 50.8 Å². The third-order valence-electron chi connectivity index (χ3n) is 4.29.